The summed E-state index contributed by atoms with van der Waals surface area (Å²) in [6.07, 6.45) is 4.90. The Bertz CT molecular complexity index is 676. The zero-order chi connectivity index (χ0) is 18.8. The van der Waals surface area contributed by atoms with Crippen molar-refractivity contribution >= 4 is 23.1 Å². The Labute approximate surface area is 160 Å². The Hall–Kier alpha value is -2.15. The lowest BCUT2D eigenvalue weighted by Crippen LogP contribution is -2.36. The van der Waals surface area contributed by atoms with Gasteiger partial charge in [0.25, 0.3) is 0 Å². The summed E-state index contributed by atoms with van der Waals surface area (Å²) in [5.74, 6) is 1.82. The number of guanidine groups is 1. The van der Waals surface area contributed by atoms with E-state index in [1.807, 2.05) is 12.4 Å². The molecule has 0 radical (unpaired) electrons. The van der Waals surface area contributed by atoms with Gasteiger partial charge in [-0.05, 0) is 38.8 Å². The van der Waals surface area contributed by atoms with Gasteiger partial charge >= 0.3 is 0 Å². The summed E-state index contributed by atoms with van der Waals surface area (Å²) < 4.78 is 0. The fourth-order valence-corrected chi connectivity index (χ4v) is 3.31. The topological polar surface area (TPSA) is 65.4 Å². The van der Waals surface area contributed by atoms with Gasteiger partial charge in [0.1, 0.15) is 10.8 Å². The molecular weight excluding hydrogens is 344 g/mol. The molecule has 2 rings (SSSR count). The van der Waals surface area contributed by atoms with Gasteiger partial charge in [0, 0.05) is 36.9 Å². The van der Waals surface area contributed by atoms with Crippen molar-refractivity contribution in [1.82, 2.24) is 20.6 Å². The molecule has 0 saturated carbocycles. The van der Waals surface area contributed by atoms with Crippen molar-refractivity contribution in [2.75, 3.05) is 24.5 Å². The van der Waals surface area contributed by atoms with E-state index in [1.54, 1.807) is 11.3 Å². The first-order valence-corrected chi connectivity index (χ1v) is 10.2. The predicted molar refractivity (Wildman–Crippen MR) is 111 cm³/mol. The third kappa shape index (κ3) is 5.98. The minimum atomic E-state index is 0.596. The molecule has 0 aromatic carbocycles. The van der Waals surface area contributed by atoms with Crippen LogP contribution in [0.15, 0.2) is 29.5 Å². The second-order valence-electron chi connectivity index (χ2n) is 5.82. The van der Waals surface area contributed by atoms with Gasteiger partial charge in [0.05, 0.1) is 13.1 Å². The molecule has 26 heavy (non-hydrogen) atoms. The van der Waals surface area contributed by atoms with Crippen molar-refractivity contribution in [2.24, 2.45) is 4.99 Å². The van der Waals surface area contributed by atoms with Gasteiger partial charge in [-0.2, -0.15) is 0 Å². The molecule has 0 amide bonds. The monoisotopic (exact) mass is 374 g/mol. The third-order valence-corrected chi connectivity index (χ3v) is 5.16. The van der Waals surface area contributed by atoms with Crippen LogP contribution in [0, 0.1) is 0 Å². The standard InChI is InChI=1S/C19H30N6S/c1-5-16-13-22-18(26-16)14-24-19(20-6-2)23-12-15-9-10-17(21-11-15)25(7-3)8-4/h9-11,13H,5-8,12,14H2,1-4H3,(H2,20,23,24). The zero-order valence-corrected chi connectivity index (χ0v) is 17.1. The number of aryl methyl sites for hydroxylation is 1. The molecular formula is C19H30N6S. The molecule has 0 atom stereocenters. The van der Waals surface area contributed by atoms with Gasteiger partial charge < -0.3 is 15.5 Å². The quantitative estimate of drug-likeness (QED) is 0.521. The van der Waals surface area contributed by atoms with Crippen LogP contribution in [-0.2, 0) is 19.5 Å². The molecule has 0 aliphatic rings. The SMILES string of the molecule is CCNC(=NCc1ccc(N(CC)CC)nc1)NCc1ncc(CC)s1. The molecule has 0 fully saturated rings. The summed E-state index contributed by atoms with van der Waals surface area (Å²) in [5.41, 5.74) is 1.10. The summed E-state index contributed by atoms with van der Waals surface area (Å²) in [7, 11) is 0. The van der Waals surface area contributed by atoms with Crippen LogP contribution in [0.1, 0.15) is 43.1 Å². The Morgan fingerprint density at radius 1 is 1.08 bits per heavy atom. The number of nitrogens with one attached hydrogen (secondary N) is 2. The zero-order valence-electron chi connectivity index (χ0n) is 16.2. The highest BCUT2D eigenvalue weighted by Gasteiger charge is 2.05. The number of hydrogen-bond donors (Lipinski definition) is 2. The molecule has 0 spiro atoms. The average molecular weight is 375 g/mol. The van der Waals surface area contributed by atoms with Gasteiger partial charge in [0.15, 0.2) is 5.96 Å². The number of anilines is 1. The van der Waals surface area contributed by atoms with E-state index in [0.29, 0.717) is 13.1 Å². The van der Waals surface area contributed by atoms with E-state index in [-0.39, 0.29) is 0 Å². The molecule has 7 heteroatoms. The maximum atomic E-state index is 4.66. The van der Waals surface area contributed by atoms with E-state index in [1.165, 1.54) is 4.88 Å². The van der Waals surface area contributed by atoms with Crippen molar-refractivity contribution in [1.29, 1.82) is 0 Å². The van der Waals surface area contributed by atoms with Gasteiger partial charge in [-0.3, -0.25) is 0 Å². The van der Waals surface area contributed by atoms with E-state index in [2.05, 4.69) is 70.3 Å². The molecule has 2 aromatic heterocycles. The van der Waals surface area contributed by atoms with E-state index in [4.69, 9.17) is 0 Å². The highest BCUT2D eigenvalue weighted by atomic mass is 32.1. The second kappa shape index (κ2) is 10.8. The Balaban J connectivity index is 1.95. The van der Waals surface area contributed by atoms with Crippen LogP contribution < -0.4 is 15.5 Å². The number of pyridine rings is 1. The van der Waals surface area contributed by atoms with Crippen molar-refractivity contribution in [2.45, 2.75) is 47.2 Å². The fourth-order valence-electron chi connectivity index (χ4n) is 2.51. The summed E-state index contributed by atoms with van der Waals surface area (Å²) in [4.78, 5) is 17.2. The van der Waals surface area contributed by atoms with Crippen molar-refractivity contribution < 1.29 is 0 Å². The molecule has 0 unspecified atom stereocenters. The molecule has 2 heterocycles. The van der Waals surface area contributed by atoms with Crippen LogP contribution in [0.2, 0.25) is 0 Å². The normalized spacial score (nSPS) is 11.5. The van der Waals surface area contributed by atoms with E-state index < -0.39 is 0 Å². The largest absolute Gasteiger partial charge is 0.357 e. The fraction of sp³-hybridized carbons (Fsp3) is 0.526. The lowest BCUT2D eigenvalue weighted by molar-refractivity contribution is 0.810. The highest BCUT2D eigenvalue weighted by molar-refractivity contribution is 7.11. The van der Waals surface area contributed by atoms with E-state index in [9.17, 15) is 0 Å². The van der Waals surface area contributed by atoms with Gasteiger partial charge in [-0.1, -0.05) is 13.0 Å². The van der Waals surface area contributed by atoms with Crippen molar-refractivity contribution in [3.05, 3.63) is 40.0 Å². The maximum Gasteiger partial charge on any atom is 0.191 e. The number of aromatic nitrogens is 2. The maximum absolute atomic E-state index is 4.66. The van der Waals surface area contributed by atoms with Crippen LogP contribution in [0.5, 0.6) is 0 Å². The van der Waals surface area contributed by atoms with E-state index >= 15 is 0 Å². The summed E-state index contributed by atoms with van der Waals surface area (Å²) in [6.45, 7) is 12.5. The molecule has 0 bridgehead atoms. The van der Waals surface area contributed by atoms with E-state index in [0.717, 1.165) is 48.4 Å². The Morgan fingerprint density at radius 3 is 2.46 bits per heavy atom. The van der Waals surface area contributed by atoms with Crippen molar-refractivity contribution in [3.63, 3.8) is 0 Å². The molecule has 142 valence electrons. The molecule has 0 saturated heterocycles. The first kappa shape index (κ1) is 20.2. The summed E-state index contributed by atoms with van der Waals surface area (Å²) in [6, 6.07) is 4.17. The lowest BCUT2D eigenvalue weighted by Gasteiger charge is -2.19. The van der Waals surface area contributed by atoms with Crippen LogP contribution >= 0.6 is 11.3 Å². The molecule has 0 aliphatic heterocycles. The Kier molecular flexibility index (Phi) is 8.34. The highest BCUT2D eigenvalue weighted by Crippen LogP contribution is 2.13. The average Bonchev–Trinajstić information content (AvgIpc) is 3.14. The number of nitrogens with zero attached hydrogens (tertiary/aromatic N) is 4. The number of thiazole rings is 1. The minimum Gasteiger partial charge on any atom is -0.357 e. The lowest BCUT2D eigenvalue weighted by atomic mass is 10.3. The van der Waals surface area contributed by atoms with Crippen molar-refractivity contribution in [3.8, 4) is 0 Å². The van der Waals surface area contributed by atoms with Gasteiger partial charge in [0.2, 0.25) is 0 Å². The summed E-state index contributed by atoms with van der Waals surface area (Å²) in [5, 5.41) is 7.71. The van der Waals surface area contributed by atoms with Gasteiger partial charge in [-0.25, -0.2) is 15.0 Å². The first-order chi connectivity index (χ1) is 12.7. The van der Waals surface area contributed by atoms with Gasteiger partial charge in [-0.15, -0.1) is 11.3 Å². The first-order valence-electron chi connectivity index (χ1n) is 9.35. The molecule has 2 aromatic rings. The number of aliphatic imine (C=N–C) groups is 1. The Morgan fingerprint density at radius 2 is 1.88 bits per heavy atom. The van der Waals surface area contributed by atoms with Crippen LogP contribution in [0.4, 0.5) is 5.82 Å². The molecule has 6 nitrogen and oxygen atoms in total. The third-order valence-electron chi connectivity index (χ3n) is 4.02. The number of hydrogen-bond acceptors (Lipinski definition) is 5. The predicted octanol–water partition coefficient (Wildman–Crippen LogP) is 3.20. The molecule has 0 aliphatic carbocycles. The number of rotatable bonds is 9. The molecule has 2 N–H and O–H groups in total. The van der Waals surface area contributed by atoms with Crippen LogP contribution in [0.25, 0.3) is 0 Å². The smallest absolute Gasteiger partial charge is 0.191 e. The minimum absolute atomic E-state index is 0.596. The van der Waals surface area contributed by atoms with Crippen LogP contribution in [0.3, 0.4) is 0 Å². The summed E-state index contributed by atoms with van der Waals surface area (Å²) >= 11 is 1.74. The second-order valence-corrected chi connectivity index (χ2v) is 7.02. The van der Waals surface area contributed by atoms with Crippen LogP contribution in [-0.4, -0.2) is 35.6 Å².